The van der Waals surface area contributed by atoms with Gasteiger partial charge in [-0.1, -0.05) is 31.9 Å². The van der Waals surface area contributed by atoms with Crippen molar-refractivity contribution in [2.45, 2.75) is 39.5 Å². The summed E-state index contributed by atoms with van der Waals surface area (Å²) in [6.07, 6.45) is 7.33. The van der Waals surface area contributed by atoms with Crippen molar-refractivity contribution in [1.29, 1.82) is 5.41 Å². The fourth-order valence-electron chi connectivity index (χ4n) is 5.05. The van der Waals surface area contributed by atoms with Crippen LogP contribution in [0, 0.1) is 17.3 Å². The number of aryl methyl sites for hydroxylation is 1. The Morgan fingerprint density at radius 3 is 2.32 bits per heavy atom. The Hall–Kier alpha value is -4.87. The van der Waals surface area contributed by atoms with E-state index in [9.17, 15) is 4.79 Å². The summed E-state index contributed by atoms with van der Waals surface area (Å²) in [7, 11) is 5.60. The van der Waals surface area contributed by atoms with Crippen molar-refractivity contribution >= 4 is 34.9 Å². The SMILES string of the molecule is C=NC.CC.CN(C)CCNC(=O)c1ccc(-c2nc3ccc(N)c(C(=N)C#Cc4ccncc4)c3c3c2CCCC3)cc1. The molecule has 0 fully saturated rings. The zero-order valence-corrected chi connectivity index (χ0v) is 26.5. The van der Waals surface area contributed by atoms with E-state index in [2.05, 4.69) is 33.9 Å². The van der Waals surface area contributed by atoms with Gasteiger partial charge in [0.05, 0.1) is 11.2 Å². The van der Waals surface area contributed by atoms with Gasteiger partial charge in [0.15, 0.2) is 0 Å². The van der Waals surface area contributed by atoms with Gasteiger partial charge in [0, 0.05) is 65.9 Å². The molecular weight excluding hydrogens is 546 g/mol. The molecule has 0 bridgehead atoms. The Kier molecular flexibility index (Phi) is 12.8. The highest BCUT2D eigenvalue weighted by atomic mass is 16.1. The molecule has 0 spiro atoms. The predicted octanol–water partition coefficient (Wildman–Crippen LogP) is 5.81. The minimum Gasteiger partial charge on any atom is -0.398 e. The third-order valence-corrected chi connectivity index (χ3v) is 7.03. The summed E-state index contributed by atoms with van der Waals surface area (Å²) in [6, 6.07) is 15.1. The maximum atomic E-state index is 12.6. The number of amides is 1. The lowest BCUT2D eigenvalue weighted by molar-refractivity contribution is 0.0951. The zero-order chi connectivity index (χ0) is 32.1. The molecular formula is C36H43N7O. The first kappa shape index (κ1) is 33.6. The standard InChI is InChI=1S/C32H32N6O.C2H5N.C2H6/c1-38(2)20-19-36-32(39)23-10-8-22(9-11-23)31-25-6-4-3-5-24(25)29-28(37-31)14-13-27(34)30(29)26(33)12-7-21-15-17-35-18-16-21;1-3-2;1-2/h8-11,13-18,33H,3-6,19-20,34H2,1-2H3,(H,36,39);1H2,2H3;1-2H3. The molecule has 4 N–H and O–H groups in total. The van der Waals surface area contributed by atoms with E-state index in [1.807, 2.05) is 81.4 Å². The van der Waals surface area contributed by atoms with Gasteiger partial charge in [-0.05, 0) is 99.9 Å². The fourth-order valence-corrected chi connectivity index (χ4v) is 5.05. The molecule has 0 radical (unpaired) electrons. The lowest BCUT2D eigenvalue weighted by Crippen LogP contribution is -2.31. The highest BCUT2D eigenvalue weighted by molar-refractivity contribution is 6.21. The Morgan fingerprint density at radius 1 is 1.05 bits per heavy atom. The summed E-state index contributed by atoms with van der Waals surface area (Å²) in [5.41, 5.74) is 14.3. The molecule has 0 atom stereocenters. The molecule has 228 valence electrons. The van der Waals surface area contributed by atoms with Crippen molar-refractivity contribution in [3.8, 4) is 23.1 Å². The number of rotatable bonds is 6. The maximum absolute atomic E-state index is 12.6. The summed E-state index contributed by atoms with van der Waals surface area (Å²) in [5.74, 6) is 5.97. The molecule has 1 aliphatic carbocycles. The normalized spacial score (nSPS) is 11.5. The van der Waals surface area contributed by atoms with E-state index in [0.717, 1.165) is 60.0 Å². The summed E-state index contributed by atoms with van der Waals surface area (Å²) < 4.78 is 0. The van der Waals surface area contributed by atoms with Gasteiger partial charge in [-0.2, -0.15) is 0 Å². The number of aromatic nitrogens is 2. The second kappa shape index (κ2) is 16.7. The van der Waals surface area contributed by atoms with Crippen LogP contribution in [0.5, 0.6) is 0 Å². The third-order valence-electron chi connectivity index (χ3n) is 7.03. The van der Waals surface area contributed by atoms with Crippen molar-refractivity contribution in [2.75, 3.05) is 40.0 Å². The summed E-state index contributed by atoms with van der Waals surface area (Å²) in [4.78, 5) is 27.0. The van der Waals surface area contributed by atoms with Gasteiger partial charge in [-0.25, -0.2) is 4.98 Å². The number of pyridine rings is 2. The molecule has 2 aromatic heterocycles. The largest absolute Gasteiger partial charge is 0.398 e. The molecule has 2 aromatic carbocycles. The van der Waals surface area contributed by atoms with Crippen molar-refractivity contribution in [3.05, 3.63) is 88.7 Å². The van der Waals surface area contributed by atoms with Gasteiger partial charge < -0.3 is 20.9 Å². The number of hydrogen-bond acceptors (Lipinski definition) is 7. The first-order valence-electron chi connectivity index (χ1n) is 15.0. The molecule has 4 aromatic rings. The fraction of sp³-hybridized carbons (Fsp3) is 0.306. The smallest absolute Gasteiger partial charge is 0.251 e. The maximum Gasteiger partial charge on any atom is 0.251 e. The molecule has 1 aliphatic rings. The zero-order valence-electron chi connectivity index (χ0n) is 26.5. The molecule has 44 heavy (non-hydrogen) atoms. The summed E-state index contributed by atoms with van der Waals surface area (Å²) in [5, 5.41) is 12.7. The number of nitrogens with one attached hydrogen (secondary N) is 2. The number of nitrogens with two attached hydrogens (primary N) is 1. The number of carbonyl (C=O) groups excluding carboxylic acids is 1. The first-order valence-corrected chi connectivity index (χ1v) is 15.0. The number of likely N-dealkylation sites (N-methyl/N-ethyl adjacent to an activating group) is 1. The van der Waals surface area contributed by atoms with E-state index in [0.29, 0.717) is 23.4 Å². The van der Waals surface area contributed by atoms with Crippen molar-refractivity contribution in [1.82, 2.24) is 20.2 Å². The van der Waals surface area contributed by atoms with Crippen LogP contribution >= 0.6 is 0 Å². The molecule has 0 aliphatic heterocycles. The number of nitrogen functional groups attached to an aromatic ring is 1. The molecule has 8 heteroatoms. The van der Waals surface area contributed by atoms with E-state index in [-0.39, 0.29) is 11.6 Å². The highest BCUT2D eigenvalue weighted by Crippen LogP contribution is 2.38. The van der Waals surface area contributed by atoms with E-state index in [1.54, 1.807) is 19.4 Å². The number of benzene rings is 2. The molecule has 0 saturated carbocycles. The number of nitrogens with zero attached hydrogens (tertiary/aromatic N) is 4. The lowest BCUT2D eigenvalue weighted by atomic mass is 9.84. The second-order valence-corrected chi connectivity index (χ2v) is 10.4. The average Bonchev–Trinajstić information content (AvgIpc) is 3.05. The molecule has 5 rings (SSSR count). The second-order valence-electron chi connectivity index (χ2n) is 10.4. The number of anilines is 1. The van der Waals surface area contributed by atoms with Crippen molar-refractivity contribution in [3.63, 3.8) is 0 Å². The Labute approximate surface area is 261 Å². The predicted molar refractivity (Wildman–Crippen MR) is 184 cm³/mol. The van der Waals surface area contributed by atoms with E-state index in [1.165, 1.54) is 11.1 Å². The lowest BCUT2D eigenvalue weighted by Gasteiger charge is -2.23. The van der Waals surface area contributed by atoms with Gasteiger partial charge in [0.25, 0.3) is 5.91 Å². The number of aliphatic imine (C=N–C) groups is 1. The van der Waals surface area contributed by atoms with Crippen LogP contribution in [0.1, 0.15) is 59.3 Å². The number of fused-ring (bicyclic) bond motifs is 3. The molecule has 0 unspecified atom stereocenters. The minimum absolute atomic E-state index is 0.0802. The summed E-state index contributed by atoms with van der Waals surface area (Å²) >= 11 is 0. The van der Waals surface area contributed by atoms with Crippen LogP contribution in [0.15, 0.2) is 65.9 Å². The van der Waals surface area contributed by atoms with E-state index >= 15 is 0 Å². The first-order chi connectivity index (χ1) is 21.3. The van der Waals surface area contributed by atoms with Gasteiger partial charge in [0.1, 0.15) is 5.71 Å². The van der Waals surface area contributed by atoms with Crippen LogP contribution in [0.25, 0.3) is 22.2 Å². The van der Waals surface area contributed by atoms with Crippen LogP contribution in [-0.4, -0.2) is 67.4 Å². The number of hydrogen-bond donors (Lipinski definition) is 3. The Morgan fingerprint density at radius 2 is 1.68 bits per heavy atom. The van der Waals surface area contributed by atoms with Crippen molar-refractivity contribution in [2.24, 2.45) is 4.99 Å². The Bertz CT molecular complexity index is 1650. The quantitative estimate of drug-likeness (QED) is 0.149. The minimum atomic E-state index is -0.0802. The van der Waals surface area contributed by atoms with Crippen LogP contribution in [0.2, 0.25) is 0 Å². The van der Waals surface area contributed by atoms with E-state index in [4.69, 9.17) is 16.1 Å². The van der Waals surface area contributed by atoms with Crippen LogP contribution in [0.3, 0.4) is 0 Å². The van der Waals surface area contributed by atoms with Gasteiger partial charge in [-0.3, -0.25) is 15.2 Å². The molecule has 0 saturated heterocycles. The van der Waals surface area contributed by atoms with Gasteiger partial charge in [-0.15, -0.1) is 0 Å². The van der Waals surface area contributed by atoms with Crippen LogP contribution in [-0.2, 0) is 12.8 Å². The number of carbonyl (C=O) groups is 1. The van der Waals surface area contributed by atoms with Crippen LogP contribution in [0.4, 0.5) is 5.69 Å². The highest BCUT2D eigenvalue weighted by Gasteiger charge is 2.23. The summed E-state index contributed by atoms with van der Waals surface area (Å²) in [6.45, 7) is 8.50. The topological polar surface area (TPSA) is 120 Å². The average molecular weight is 590 g/mol. The van der Waals surface area contributed by atoms with E-state index < -0.39 is 0 Å². The molecule has 1 amide bonds. The monoisotopic (exact) mass is 589 g/mol. The third kappa shape index (κ3) is 8.36. The van der Waals surface area contributed by atoms with Gasteiger partial charge >= 0.3 is 0 Å². The van der Waals surface area contributed by atoms with Gasteiger partial charge in [0.2, 0.25) is 0 Å². The molecule has 8 nitrogen and oxygen atoms in total. The molecule has 2 heterocycles. The Balaban J connectivity index is 0.000000997. The van der Waals surface area contributed by atoms with Crippen molar-refractivity contribution < 1.29 is 4.79 Å². The van der Waals surface area contributed by atoms with Crippen LogP contribution < -0.4 is 11.1 Å².